The Bertz CT molecular complexity index is 348. The molecule has 1 aromatic carbocycles. The maximum atomic E-state index is 6.04. The first-order valence-electron chi connectivity index (χ1n) is 5.83. The van der Waals surface area contributed by atoms with Gasteiger partial charge in [-0.25, -0.2) is 0 Å². The third kappa shape index (κ3) is 2.50. The van der Waals surface area contributed by atoms with E-state index in [0.29, 0.717) is 18.2 Å². The highest BCUT2D eigenvalue weighted by Crippen LogP contribution is 2.38. The Balaban J connectivity index is 1.98. The minimum Gasteiger partial charge on any atom is -0.491 e. The zero-order valence-corrected chi connectivity index (χ0v) is 10.2. The second-order valence-electron chi connectivity index (χ2n) is 4.63. The normalized spacial score (nSPS) is 18.6. The molecule has 0 saturated heterocycles. The summed E-state index contributed by atoms with van der Waals surface area (Å²) in [4.78, 5) is 0. The molecule has 0 unspecified atom stereocenters. The standard InChI is InChI=1S/C13H18ClNO/c14-11-5-1-2-6-12(11)16-10-13(9-15)7-3-4-8-13/h1-2,5-6H,3-4,7-10,15H2. The molecule has 1 aliphatic carbocycles. The number of para-hydroxylation sites is 1. The predicted octanol–water partition coefficient (Wildman–Crippen LogP) is 3.24. The lowest BCUT2D eigenvalue weighted by Crippen LogP contribution is -2.33. The molecular weight excluding hydrogens is 222 g/mol. The molecule has 0 bridgehead atoms. The second-order valence-corrected chi connectivity index (χ2v) is 5.04. The average Bonchev–Trinajstić information content (AvgIpc) is 2.78. The van der Waals surface area contributed by atoms with Crippen molar-refractivity contribution in [2.75, 3.05) is 13.2 Å². The molecule has 2 N–H and O–H groups in total. The fraction of sp³-hybridized carbons (Fsp3) is 0.538. The Kier molecular flexibility index (Phi) is 3.72. The molecule has 1 aliphatic rings. The van der Waals surface area contributed by atoms with Gasteiger partial charge >= 0.3 is 0 Å². The van der Waals surface area contributed by atoms with E-state index in [-0.39, 0.29) is 5.41 Å². The van der Waals surface area contributed by atoms with Crippen LogP contribution in [0.15, 0.2) is 24.3 Å². The number of nitrogens with two attached hydrogens (primary N) is 1. The summed E-state index contributed by atoms with van der Waals surface area (Å²) in [7, 11) is 0. The van der Waals surface area contributed by atoms with Gasteiger partial charge in [-0.05, 0) is 25.0 Å². The Morgan fingerprint density at radius 3 is 2.56 bits per heavy atom. The van der Waals surface area contributed by atoms with Gasteiger partial charge in [0.05, 0.1) is 11.6 Å². The van der Waals surface area contributed by atoms with Gasteiger partial charge in [0.1, 0.15) is 5.75 Å². The third-order valence-electron chi connectivity index (χ3n) is 3.47. The summed E-state index contributed by atoms with van der Waals surface area (Å²) in [5.41, 5.74) is 6.04. The van der Waals surface area contributed by atoms with Gasteiger partial charge < -0.3 is 10.5 Å². The van der Waals surface area contributed by atoms with Crippen LogP contribution in [0.3, 0.4) is 0 Å². The first-order chi connectivity index (χ1) is 7.76. The highest BCUT2D eigenvalue weighted by molar-refractivity contribution is 6.32. The van der Waals surface area contributed by atoms with Gasteiger partial charge in [-0.2, -0.15) is 0 Å². The summed E-state index contributed by atoms with van der Waals surface area (Å²) < 4.78 is 5.80. The largest absolute Gasteiger partial charge is 0.491 e. The van der Waals surface area contributed by atoms with Crippen molar-refractivity contribution in [3.05, 3.63) is 29.3 Å². The van der Waals surface area contributed by atoms with Crippen molar-refractivity contribution in [1.29, 1.82) is 0 Å². The minimum absolute atomic E-state index is 0.180. The van der Waals surface area contributed by atoms with E-state index in [1.165, 1.54) is 25.7 Å². The van der Waals surface area contributed by atoms with Crippen molar-refractivity contribution < 1.29 is 4.74 Å². The lowest BCUT2D eigenvalue weighted by atomic mass is 9.87. The summed E-state index contributed by atoms with van der Waals surface area (Å²) in [6, 6.07) is 7.59. The zero-order chi connectivity index (χ0) is 11.4. The van der Waals surface area contributed by atoms with E-state index < -0.39 is 0 Å². The van der Waals surface area contributed by atoms with E-state index in [2.05, 4.69) is 0 Å². The second kappa shape index (κ2) is 5.07. The van der Waals surface area contributed by atoms with Crippen molar-refractivity contribution in [2.24, 2.45) is 11.1 Å². The summed E-state index contributed by atoms with van der Waals surface area (Å²) in [6.45, 7) is 1.39. The molecule has 0 radical (unpaired) electrons. The molecule has 16 heavy (non-hydrogen) atoms. The highest BCUT2D eigenvalue weighted by atomic mass is 35.5. The first kappa shape index (κ1) is 11.7. The smallest absolute Gasteiger partial charge is 0.137 e. The number of hydrogen-bond donors (Lipinski definition) is 1. The molecular formula is C13H18ClNO. The van der Waals surface area contributed by atoms with Crippen LogP contribution in [0, 0.1) is 5.41 Å². The molecule has 0 aliphatic heterocycles. The molecule has 0 amide bonds. The fourth-order valence-corrected chi connectivity index (χ4v) is 2.52. The van der Waals surface area contributed by atoms with Crippen molar-refractivity contribution in [3.8, 4) is 5.75 Å². The molecule has 1 saturated carbocycles. The molecule has 0 spiro atoms. The van der Waals surface area contributed by atoms with Crippen LogP contribution in [0.2, 0.25) is 5.02 Å². The molecule has 0 atom stereocenters. The lowest BCUT2D eigenvalue weighted by Gasteiger charge is -2.27. The maximum Gasteiger partial charge on any atom is 0.137 e. The summed E-state index contributed by atoms with van der Waals surface area (Å²) in [5, 5.41) is 0.674. The van der Waals surface area contributed by atoms with Gasteiger partial charge in [0.25, 0.3) is 0 Å². The minimum atomic E-state index is 0.180. The zero-order valence-electron chi connectivity index (χ0n) is 9.42. The van der Waals surface area contributed by atoms with Crippen LogP contribution in [0.1, 0.15) is 25.7 Å². The van der Waals surface area contributed by atoms with Crippen LogP contribution < -0.4 is 10.5 Å². The van der Waals surface area contributed by atoms with Gasteiger partial charge in [-0.15, -0.1) is 0 Å². The molecule has 88 valence electrons. The molecule has 1 fully saturated rings. The van der Waals surface area contributed by atoms with Crippen LogP contribution in [0.4, 0.5) is 0 Å². The van der Waals surface area contributed by atoms with Gasteiger partial charge in [0, 0.05) is 12.0 Å². The van der Waals surface area contributed by atoms with Crippen molar-refractivity contribution in [3.63, 3.8) is 0 Å². The summed E-state index contributed by atoms with van der Waals surface area (Å²) in [5.74, 6) is 0.767. The summed E-state index contributed by atoms with van der Waals surface area (Å²) >= 11 is 6.04. The molecule has 3 heteroatoms. The van der Waals surface area contributed by atoms with Crippen molar-refractivity contribution in [2.45, 2.75) is 25.7 Å². The van der Waals surface area contributed by atoms with Crippen LogP contribution in [-0.2, 0) is 0 Å². The average molecular weight is 240 g/mol. The van der Waals surface area contributed by atoms with Gasteiger partial charge in [0.2, 0.25) is 0 Å². The van der Waals surface area contributed by atoms with Crippen LogP contribution in [-0.4, -0.2) is 13.2 Å². The van der Waals surface area contributed by atoms with Crippen LogP contribution in [0.5, 0.6) is 5.75 Å². The van der Waals surface area contributed by atoms with Gasteiger partial charge in [-0.1, -0.05) is 36.6 Å². The number of ether oxygens (including phenoxy) is 1. The molecule has 1 aromatic rings. The Labute approximate surface area is 102 Å². The van der Waals surface area contributed by atoms with Gasteiger partial charge in [-0.3, -0.25) is 0 Å². The van der Waals surface area contributed by atoms with E-state index >= 15 is 0 Å². The van der Waals surface area contributed by atoms with Crippen molar-refractivity contribution in [1.82, 2.24) is 0 Å². The van der Waals surface area contributed by atoms with Crippen molar-refractivity contribution >= 4 is 11.6 Å². The van der Waals surface area contributed by atoms with Crippen LogP contribution >= 0.6 is 11.6 Å². The topological polar surface area (TPSA) is 35.2 Å². The molecule has 0 aromatic heterocycles. The SMILES string of the molecule is NCC1(COc2ccccc2Cl)CCCC1. The Morgan fingerprint density at radius 1 is 1.25 bits per heavy atom. The maximum absolute atomic E-state index is 6.04. The quantitative estimate of drug-likeness (QED) is 0.876. The number of rotatable bonds is 4. The molecule has 2 nitrogen and oxygen atoms in total. The van der Waals surface area contributed by atoms with E-state index in [4.69, 9.17) is 22.1 Å². The van der Waals surface area contributed by atoms with E-state index in [1.54, 1.807) is 0 Å². The van der Waals surface area contributed by atoms with E-state index in [9.17, 15) is 0 Å². The first-order valence-corrected chi connectivity index (χ1v) is 6.21. The Hall–Kier alpha value is -0.730. The van der Waals surface area contributed by atoms with E-state index in [1.807, 2.05) is 24.3 Å². The fourth-order valence-electron chi connectivity index (χ4n) is 2.33. The number of hydrogen-bond acceptors (Lipinski definition) is 2. The van der Waals surface area contributed by atoms with E-state index in [0.717, 1.165) is 5.75 Å². The number of halogens is 1. The Morgan fingerprint density at radius 2 is 1.94 bits per heavy atom. The number of benzene rings is 1. The van der Waals surface area contributed by atoms with Gasteiger partial charge in [0.15, 0.2) is 0 Å². The molecule has 2 rings (SSSR count). The predicted molar refractivity (Wildman–Crippen MR) is 66.9 cm³/mol. The lowest BCUT2D eigenvalue weighted by molar-refractivity contribution is 0.157. The summed E-state index contributed by atoms with van der Waals surface area (Å²) in [6.07, 6.45) is 4.88. The highest BCUT2D eigenvalue weighted by Gasteiger charge is 2.33. The molecule has 0 heterocycles. The monoisotopic (exact) mass is 239 g/mol. The van der Waals surface area contributed by atoms with Crippen LogP contribution in [0.25, 0.3) is 0 Å². The third-order valence-corrected chi connectivity index (χ3v) is 3.78.